The maximum atomic E-state index is 3.32. The molecule has 3 atom stereocenters. The molecule has 0 aliphatic heterocycles. The predicted octanol–water partition coefficient (Wildman–Crippen LogP) is 1.17. The summed E-state index contributed by atoms with van der Waals surface area (Å²) < 4.78 is 0. The molecule has 1 saturated carbocycles. The maximum Gasteiger partial charge on any atom is 0.0133 e. The number of allylic oxidation sites excluding steroid dienone is 1. The number of rotatable bonds is 1. The van der Waals surface area contributed by atoms with Gasteiger partial charge in [0, 0.05) is 6.04 Å². The Morgan fingerprint density at radius 1 is 1.56 bits per heavy atom. The Kier molecular flexibility index (Phi) is 1.12. The highest BCUT2D eigenvalue weighted by molar-refractivity contribution is 5.12. The summed E-state index contributed by atoms with van der Waals surface area (Å²) in [5, 5.41) is 3.32. The molecule has 1 heteroatoms. The van der Waals surface area contributed by atoms with Gasteiger partial charge in [0.1, 0.15) is 0 Å². The lowest BCUT2D eigenvalue weighted by Crippen LogP contribution is -2.46. The summed E-state index contributed by atoms with van der Waals surface area (Å²) in [7, 11) is 2.06. The van der Waals surface area contributed by atoms with Gasteiger partial charge >= 0.3 is 0 Å². The maximum absolute atomic E-state index is 3.32. The lowest BCUT2D eigenvalue weighted by atomic mass is 9.71. The molecule has 0 amide bonds. The third-order valence-electron chi connectivity index (χ3n) is 2.73. The van der Waals surface area contributed by atoms with E-state index in [4.69, 9.17) is 0 Å². The summed E-state index contributed by atoms with van der Waals surface area (Å²) in [4.78, 5) is 0. The number of hydrogen-bond donors (Lipinski definition) is 1. The monoisotopic (exact) mass is 123 g/mol. The third kappa shape index (κ3) is 0.645. The second-order valence-corrected chi connectivity index (χ2v) is 3.13. The van der Waals surface area contributed by atoms with E-state index in [2.05, 4.69) is 24.5 Å². The second-order valence-electron chi connectivity index (χ2n) is 3.13. The number of nitrogens with one attached hydrogen (secondary N) is 1. The van der Waals surface area contributed by atoms with Gasteiger partial charge in [-0.05, 0) is 31.7 Å². The number of fused-ring (bicyclic) bond motifs is 1. The van der Waals surface area contributed by atoms with Gasteiger partial charge in [-0.2, -0.15) is 0 Å². The molecule has 3 unspecified atom stereocenters. The van der Waals surface area contributed by atoms with Crippen LogP contribution in [-0.4, -0.2) is 13.1 Å². The van der Waals surface area contributed by atoms with Crippen molar-refractivity contribution in [3.05, 3.63) is 12.2 Å². The summed E-state index contributed by atoms with van der Waals surface area (Å²) in [6, 6.07) is 0.800. The molecule has 0 aromatic carbocycles. The molecule has 0 saturated heterocycles. The minimum Gasteiger partial charge on any atom is -0.316 e. The zero-order valence-corrected chi connectivity index (χ0v) is 5.80. The fraction of sp³-hybridized carbons (Fsp3) is 0.750. The van der Waals surface area contributed by atoms with Crippen molar-refractivity contribution in [2.24, 2.45) is 11.8 Å². The van der Waals surface area contributed by atoms with Crippen LogP contribution in [0, 0.1) is 11.8 Å². The van der Waals surface area contributed by atoms with Crippen LogP contribution in [0.25, 0.3) is 0 Å². The lowest BCUT2D eigenvalue weighted by molar-refractivity contribution is 0.172. The Morgan fingerprint density at radius 2 is 2.44 bits per heavy atom. The van der Waals surface area contributed by atoms with Crippen molar-refractivity contribution in [2.75, 3.05) is 7.05 Å². The molecular weight excluding hydrogens is 110 g/mol. The van der Waals surface area contributed by atoms with Gasteiger partial charge in [-0.1, -0.05) is 12.2 Å². The molecule has 9 heavy (non-hydrogen) atoms. The average molecular weight is 123 g/mol. The highest BCUT2D eigenvalue weighted by atomic mass is 14.9. The van der Waals surface area contributed by atoms with E-state index >= 15 is 0 Å². The molecule has 2 aliphatic rings. The highest BCUT2D eigenvalue weighted by Gasteiger charge is 2.39. The van der Waals surface area contributed by atoms with E-state index in [0.717, 1.165) is 17.9 Å². The van der Waals surface area contributed by atoms with Crippen LogP contribution in [0.15, 0.2) is 12.2 Å². The quantitative estimate of drug-likeness (QED) is 0.516. The van der Waals surface area contributed by atoms with Gasteiger partial charge in [0.25, 0.3) is 0 Å². The molecule has 1 N–H and O–H groups in total. The molecule has 1 fully saturated rings. The van der Waals surface area contributed by atoms with Crippen molar-refractivity contribution in [3.8, 4) is 0 Å². The SMILES string of the molecule is CNC1CC2CC=CC21. The van der Waals surface area contributed by atoms with E-state index in [1.165, 1.54) is 12.8 Å². The normalized spacial score (nSPS) is 46.6. The zero-order chi connectivity index (χ0) is 6.27. The van der Waals surface area contributed by atoms with Crippen molar-refractivity contribution in [1.82, 2.24) is 5.32 Å². The van der Waals surface area contributed by atoms with Gasteiger partial charge in [-0.25, -0.2) is 0 Å². The van der Waals surface area contributed by atoms with E-state index in [9.17, 15) is 0 Å². The first-order chi connectivity index (χ1) is 4.42. The Labute approximate surface area is 56.1 Å². The minimum atomic E-state index is 0.800. The highest BCUT2D eigenvalue weighted by Crippen LogP contribution is 2.42. The molecule has 0 aromatic rings. The van der Waals surface area contributed by atoms with Gasteiger partial charge in [0.15, 0.2) is 0 Å². The van der Waals surface area contributed by atoms with E-state index in [1.54, 1.807) is 0 Å². The smallest absolute Gasteiger partial charge is 0.0133 e. The summed E-state index contributed by atoms with van der Waals surface area (Å²) in [5.74, 6) is 1.89. The fourth-order valence-electron chi connectivity index (χ4n) is 2.04. The second kappa shape index (κ2) is 1.84. The van der Waals surface area contributed by atoms with E-state index < -0.39 is 0 Å². The van der Waals surface area contributed by atoms with Crippen LogP contribution >= 0.6 is 0 Å². The molecule has 0 aromatic heterocycles. The lowest BCUT2D eigenvalue weighted by Gasteiger charge is -2.39. The van der Waals surface area contributed by atoms with Crippen LogP contribution in [0.3, 0.4) is 0 Å². The molecule has 0 radical (unpaired) electrons. The molecular formula is C8H13N. The summed E-state index contributed by atoms with van der Waals surface area (Å²) in [6.45, 7) is 0. The van der Waals surface area contributed by atoms with Crippen LogP contribution in [0.5, 0.6) is 0 Å². The van der Waals surface area contributed by atoms with E-state index in [1.807, 2.05) is 0 Å². The minimum absolute atomic E-state index is 0.800. The topological polar surface area (TPSA) is 12.0 Å². The summed E-state index contributed by atoms with van der Waals surface area (Å²) >= 11 is 0. The van der Waals surface area contributed by atoms with E-state index in [-0.39, 0.29) is 0 Å². The van der Waals surface area contributed by atoms with Crippen LogP contribution in [0.1, 0.15) is 12.8 Å². The first-order valence-corrected chi connectivity index (χ1v) is 3.76. The molecule has 2 rings (SSSR count). The molecule has 50 valence electrons. The van der Waals surface area contributed by atoms with E-state index in [0.29, 0.717) is 0 Å². The van der Waals surface area contributed by atoms with Gasteiger partial charge in [-0.15, -0.1) is 0 Å². The first-order valence-electron chi connectivity index (χ1n) is 3.76. The molecule has 0 spiro atoms. The van der Waals surface area contributed by atoms with Crippen molar-refractivity contribution in [3.63, 3.8) is 0 Å². The zero-order valence-electron chi connectivity index (χ0n) is 5.80. The van der Waals surface area contributed by atoms with Crippen molar-refractivity contribution in [1.29, 1.82) is 0 Å². The van der Waals surface area contributed by atoms with Gasteiger partial charge < -0.3 is 5.32 Å². The molecule has 2 aliphatic carbocycles. The molecule has 0 bridgehead atoms. The van der Waals surface area contributed by atoms with Crippen LogP contribution in [0.2, 0.25) is 0 Å². The molecule has 1 nitrogen and oxygen atoms in total. The Bertz CT molecular complexity index is 140. The molecule has 0 heterocycles. The van der Waals surface area contributed by atoms with Gasteiger partial charge in [0.2, 0.25) is 0 Å². The standard InChI is InChI=1S/C8H13N/c1-9-8-5-6-3-2-4-7(6)8/h2,4,6-9H,3,5H2,1H3. The summed E-state index contributed by atoms with van der Waals surface area (Å²) in [6.07, 6.45) is 7.43. The van der Waals surface area contributed by atoms with Crippen molar-refractivity contribution in [2.45, 2.75) is 18.9 Å². The van der Waals surface area contributed by atoms with Gasteiger partial charge in [-0.3, -0.25) is 0 Å². The Balaban J connectivity index is 2.00. The summed E-state index contributed by atoms with van der Waals surface area (Å²) in [5.41, 5.74) is 0. The fourth-order valence-corrected chi connectivity index (χ4v) is 2.04. The van der Waals surface area contributed by atoms with Gasteiger partial charge in [0.05, 0.1) is 0 Å². The average Bonchev–Trinajstić information content (AvgIpc) is 2.14. The van der Waals surface area contributed by atoms with Crippen molar-refractivity contribution < 1.29 is 0 Å². The van der Waals surface area contributed by atoms with Crippen molar-refractivity contribution >= 4 is 0 Å². The third-order valence-corrected chi connectivity index (χ3v) is 2.73. The van der Waals surface area contributed by atoms with Crippen LogP contribution in [0.4, 0.5) is 0 Å². The first kappa shape index (κ1) is 5.48. The number of hydrogen-bond acceptors (Lipinski definition) is 1. The van der Waals surface area contributed by atoms with Crippen LogP contribution < -0.4 is 5.32 Å². The Morgan fingerprint density at radius 3 is 3.11 bits per heavy atom. The largest absolute Gasteiger partial charge is 0.316 e. The predicted molar refractivity (Wildman–Crippen MR) is 38.2 cm³/mol. The Hall–Kier alpha value is -0.300. The van der Waals surface area contributed by atoms with Crippen LogP contribution in [-0.2, 0) is 0 Å².